The molecule has 2 aliphatic rings. The first-order chi connectivity index (χ1) is 13.7. The third-order valence-corrected chi connectivity index (χ3v) is 8.39. The maximum absolute atomic E-state index is 13.1. The van der Waals surface area contributed by atoms with Crippen molar-refractivity contribution < 1.29 is 17.6 Å². The lowest BCUT2D eigenvalue weighted by Crippen LogP contribution is -2.38. The molecule has 2 saturated heterocycles. The molecule has 0 N–H and O–H groups in total. The minimum absolute atomic E-state index is 0.0588. The number of nitrogens with zero attached hydrogens (tertiary/aromatic N) is 2. The van der Waals surface area contributed by atoms with Crippen molar-refractivity contribution in [3.8, 4) is 0 Å². The van der Waals surface area contributed by atoms with Gasteiger partial charge in [-0.2, -0.15) is 4.99 Å². The molecule has 2 heterocycles. The van der Waals surface area contributed by atoms with E-state index < -0.39 is 9.84 Å². The van der Waals surface area contributed by atoms with Gasteiger partial charge in [-0.1, -0.05) is 36.0 Å². The molecule has 29 heavy (non-hydrogen) atoms. The summed E-state index contributed by atoms with van der Waals surface area (Å²) in [6.45, 7) is 3.94. The summed E-state index contributed by atoms with van der Waals surface area (Å²) >= 11 is 1.36. The number of anilines is 1. The largest absolute Gasteiger partial charge is 0.315 e. The van der Waals surface area contributed by atoms with Crippen LogP contribution in [0.25, 0.3) is 0 Å². The van der Waals surface area contributed by atoms with Crippen LogP contribution in [-0.4, -0.2) is 42.3 Å². The smallest absolute Gasteiger partial charge is 0.252 e. The number of carbonyl (C=O) groups excluding carboxylic acids is 1. The zero-order chi connectivity index (χ0) is 20.8. The molecule has 8 heteroatoms. The number of halogens is 1. The number of rotatable bonds is 3. The van der Waals surface area contributed by atoms with E-state index in [4.69, 9.17) is 0 Å². The zero-order valence-corrected chi connectivity index (χ0v) is 17.8. The molecule has 2 fully saturated rings. The molecule has 0 radical (unpaired) electrons. The molecule has 2 atom stereocenters. The van der Waals surface area contributed by atoms with Crippen molar-refractivity contribution in [3.05, 3.63) is 65.0 Å². The molecule has 0 saturated carbocycles. The van der Waals surface area contributed by atoms with E-state index in [0.29, 0.717) is 10.7 Å². The van der Waals surface area contributed by atoms with Gasteiger partial charge in [0.05, 0.1) is 24.0 Å². The predicted molar refractivity (Wildman–Crippen MR) is 115 cm³/mol. The van der Waals surface area contributed by atoms with Crippen LogP contribution in [0.5, 0.6) is 0 Å². The van der Waals surface area contributed by atoms with Crippen molar-refractivity contribution in [2.75, 3.05) is 16.4 Å². The molecule has 0 aromatic heterocycles. The summed E-state index contributed by atoms with van der Waals surface area (Å²) in [5.41, 5.74) is 3.62. The highest BCUT2D eigenvalue weighted by Gasteiger charge is 2.49. The SMILES string of the molecule is Cc1ccc(C)c(N2C(=NC(=O)Cc3ccc(F)cc3)SC3CS(=O)(=O)CC32)c1. The maximum atomic E-state index is 13.1. The summed E-state index contributed by atoms with van der Waals surface area (Å²) in [6.07, 6.45) is 0.0681. The van der Waals surface area contributed by atoms with Gasteiger partial charge < -0.3 is 4.90 Å². The van der Waals surface area contributed by atoms with Crippen LogP contribution in [0.2, 0.25) is 0 Å². The van der Waals surface area contributed by atoms with Gasteiger partial charge in [-0.3, -0.25) is 4.79 Å². The van der Waals surface area contributed by atoms with Crippen molar-refractivity contribution in [1.82, 2.24) is 0 Å². The normalized spacial score (nSPS) is 24.1. The van der Waals surface area contributed by atoms with E-state index in [-0.39, 0.29) is 40.9 Å². The fraction of sp³-hybridized carbons (Fsp3) is 0.333. The summed E-state index contributed by atoms with van der Waals surface area (Å²) in [7, 11) is -3.11. The number of fused-ring (bicyclic) bond motifs is 1. The molecule has 1 amide bonds. The number of aliphatic imine (C=N–C) groups is 1. The van der Waals surface area contributed by atoms with Crippen LogP contribution >= 0.6 is 11.8 Å². The molecule has 152 valence electrons. The van der Waals surface area contributed by atoms with E-state index in [2.05, 4.69) is 4.99 Å². The summed E-state index contributed by atoms with van der Waals surface area (Å²) in [5, 5.41) is 0.396. The molecular weight excluding hydrogens is 411 g/mol. The first kappa shape index (κ1) is 20.1. The average Bonchev–Trinajstić information content (AvgIpc) is 3.10. The number of aryl methyl sites for hydroxylation is 2. The van der Waals surface area contributed by atoms with E-state index in [1.807, 2.05) is 36.9 Å². The molecule has 5 nitrogen and oxygen atoms in total. The van der Waals surface area contributed by atoms with Crippen molar-refractivity contribution in [3.63, 3.8) is 0 Å². The Kier molecular flexibility index (Phi) is 5.25. The van der Waals surface area contributed by atoms with Gasteiger partial charge in [0, 0.05) is 10.9 Å². The Morgan fingerprint density at radius 1 is 1.17 bits per heavy atom. The number of amides is 1. The van der Waals surface area contributed by atoms with Crippen molar-refractivity contribution in [2.24, 2.45) is 4.99 Å². The first-order valence-corrected chi connectivity index (χ1v) is 12.0. The summed E-state index contributed by atoms with van der Waals surface area (Å²) in [5.74, 6) is -0.538. The highest BCUT2D eigenvalue weighted by atomic mass is 32.2. The van der Waals surface area contributed by atoms with Gasteiger partial charge in [-0.15, -0.1) is 0 Å². The number of thioether (sulfide) groups is 1. The maximum Gasteiger partial charge on any atom is 0.252 e. The lowest BCUT2D eigenvalue weighted by atomic mass is 10.1. The highest BCUT2D eigenvalue weighted by molar-refractivity contribution is 8.16. The fourth-order valence-electron chi connectivity index (χ4n) is 3.75. The van der Waals surface area contributed by atoms with Gasteiger partial charge in [0.1, 0.15) is 5.82 Å². The quantitative estimate of drug-likeness (QED) is 0.745. The molecule has 2 aromatic carbocycles. The van der Waals surface area contributed by atoms with Gasteiger partial charge in [0.25, 0.3) is 5.91 Å². The number of hydrogen-bond acceptors (Lipinski definition) is 4. The Morgan fingerprint density at radius 2 is 1.90 bits per heavy atom. The summed E-state index contributed by atoms with van der Waals surface area (Å²) in [6, 6.07) is 11.5. The predicted octanol–water partition coefficient (Wildman–Crippen LogP) is 3.29. The number of sulfone groups is 1. The lowest BCUT2D eigenvalue weighted by molar-refractivity contribution is -0.117. The lowest BCUT2D eigenvalue weighted by Gasteiger charge is -2.26. The van der Waals surface area contributed by atoms with Crippen LogP contribution in [0.4, 0.5) is 10.1 Å². The van der Waals surface area contributed by atoms with Crippen LogP contribution in [0.1, 0.15) is 16.7 Å². The summed E-state index contributed by atoms with van der Waals surface area (Å²) in [4.78, 5) is 18.8. The van der Waals surface area contributed by atoms with E-state index in [1.54, 1.807) is 12.1 Å². The minimum Gasteiger partial charge on any atom is -0.315 e. The van der Waals surface area contributed by atoms with Crippen molar-refractivity contribution in [2.45, 2.75) is 31.6 Å². The molecule has 0 bridgehead atoms. The van der Waals surface area contributed by atoms with Crippen molar-refractivity contribution in [1.29, 1.82) is 0 Å². The minimum atomic E-state index is -3.11. The third-order valence-electron chi connectivity index (χ3n) is 5.18. The number of amidine groups is 1. The number of hydrogen-bond donors (Lipinski definition) is 0. The molecule has 2 unspecified atom stereocenters. The van der Waals surface area contributed by atoms with Crippen LogP contribution in [0.15, 0.2) is 47.5 Å². The monoisotopic (exact) mass is 432 g/mol. The Bertz CT molecular complexity index is 1100. The molecular formula is C21H21FN2O3S2. The second-order valence-corrected chi connectivity index (χ2v) is 10.9. The molecule has 2 aromatic rings. The van der Waals surface area contributed by atoms with E-state index in [1.165, 1.54) is 23.9 Å². The van der Waals surface area contributed by atoms with E-state index >= 15 is 0 Å². The van der Waals surface area contributed by atoms with E-state index in [0.717, 1.165) is 16.8 Å². The van der Waals surface area contributed by atoms with Gasteiger partial charge in [-0.25, -0.2) is 12.8 Å². The van der Waals surface area contributed by atoms with Crippen LogP contribution in [0.3, 0.4) is 0 Å². The number of carbonyl (C=O) groups is 1. The Balaban J connectivity index is 1.67. The van der Waals surface area contributed by atoms with Crippen LogP contribution in [0, 0.1) is 19.7 Å². The Hall–Kier alpha value is -2.19. The number of benzene rings is 2. The third kappa shape index (κ3) is 4.23. The Labute approximate surface area is 173 Å². The van der Waals surface area contributed by atoms with Gasteiger partial charge in [0.2, 0.25) is 0 Å². The molecule has 4 rings (SSSR count). The zero-order valence-electron chi connectivity index (χ0n) is 16.1. The highest BCUT2D eigenvalue weighted by Crippen LogP contribution is 2.42. The topological polar surface area (TPSA) is 66.8 Å². The van der Waals surface area contributed by atoms with Gasteiger partial charge in [0.15, 0.2) is 15.0 Å². The fourth-order valence-corrected chi connectivity index (χ4v) is 7.67. The molecule has 0 aliphatic carbocycles. The van der Waals surface area contributed by atoms with E-state index in [9.17, 15) is 17.6 Å². The van der Waals surface area contributed by atoms with Crippen molar-refractivity contribution >= 4 is 38.4 Å². The standard InChI is InChI=1S/C21H21FN2O3S2/c1-13-3-4-14(2)17(9-13)24-18-11-29(26,27)12-19(18)28-21(24)23-20(25)10-15-5-7-16(22)8-6-15/h3-9,18-19H,10-12H2,1-2H3. The summed E-state index contributed by atoms with van der Waals surface area (Å²) < 4.78 is 37.5. The van der Waals surface area contributed by atoms with Gasteiger partial charge >= 0.3 is 0 Å². The van der Waals surface area contributed by atoms with Crippen LogP contribution < -0.4 is 4.90 Å². The second-order valence-electron chi connectivity index (χ2n) is 7.55. The molecule has 2 aliphatic heterocycles. The second kappa shape index (κ2) is 7.57. The average molecular weight is 433 g/mol. The Morgan fingerprint density at radius 3 is 2.62 bits per heavy atom. The molecule has 0 spiro atoms. The van der Waals surface area contributed by atoms with Crippen LogP contribution in [-0.2, 0) is 21.1 Å². The van der Waals surface area contributed by atoms with Gasteiger partial charge in [-0.05, 0) is 48.7 Å². The first-order valence-electron chi connectivity index (χ1n) is 9.31.